The maximum absolute atomic E-state index is 12.1. The summed E-state index contributed by atoms with van der Waals surface area (Å²) in [6.07, 6.45) is 2.19. The van der Waals surface area contributed by atoms with Crippen LogP contribution in [0.15, 0.2) is 35.1 Å². The fourth-order valence-corrected chi connectivity index (χ4v) is 2.40. The van der Waals surface area contributed by atoms with E-state index in [1.807, 2.05) is 13.0 Å². The van der Waals surface area contributed by atoms with Crippen LogP contribution in [0.3, 0.4) is 0 Å². The van der Waals surface area contributed by atoms with Crippen LogP contribution >= 0.6 is 11.6 Å². The van der Waals surface area contributed by atoms with Crippen molar-refractivity contribution in [2.75, 3.05) is 5.32 Å². The van der Waals surface area contributed by atoms with Crippen LogP contribution in [-0.2, 0) is 11.3 Å². The van der Waals surface area contributed by atoms with Gasteiger partial charge in [-0.1, -0.05) is 17.7 Å². The number of hydrogen-bond acceptors (Lipinski definition) is 3. The van der Waals surface area contributed by atoms with Crippen molar-refractivity contribution in [3.63, 3.8) is 0 Å². The zero-order valence-corrected chi connectivity index (χ0v) is 12.9. The van der Waals surface area contributed by atoms with Crippen LogP contribution < -0.4 is 10.9 Å². The van der Waals surface area contributed by atoms with Crippen molar-refractivity contribution in [3.05, 3.63) is 57.0 Å². The molecule has 1 aliphatic carbocycles. The summed E-state index contributed by atoms with van der Waals surface area (Å²) in [4.78, 5) is 24.0. The highest BCUT2D eigenvalue weighted by atomic mass is 35.5. The molecule has 1 aromatic carbocycles. The average molecular weight is 318 g/mol. The number of rotatable bonds is 4. The fraction of sp³-hybridized carbons (Fsp3) is 0.312. The molecule has 1 fully saturated rings. The number of carbonyl (C=O) groups is 1. The molecule has 5 nitrogen and oxygen atoms in total. The molecule has 1 amide bonds. The second-order valence-corrected chi connectivity index (χ2v) is 5.97. The van der Waals surface area contributed by atoms with Gasteiger partial charge in [0.25, 0.3) is 5.56 Å². The Morgan fingerprint density at radius 2 is 2.14 bits per heavy atom. The van der Waals surface area contributed by atoms with Crippen molar-refractivity contribution in [1.82, 2.24) is 9.78 Å². The molecule has 1 saturated carbocycles. The third-order valence-electron chi connectivity index (χ3n) is 3.65. The first kappa shape index (κ1) is 14.8. The predicted octanol–water partition coefficient (Wildman–Crippen LogP) is 2.72. The number of halogens is 1. The summed E-state index contributed by atoms with van der Waals surface area (Å²) in [7, 11) is 0. The van der Waals surface area contributed by atoms with E-state index in [1.165, 1.54) is 10.7 Å². The van der Waals surface area contributed by atoms with Gasteiger partial charge in [0.15, 0.2) is 0 Å². The summed E-state index contributed by atoms with van der Waals surface area (Å²) in [5.41, 5.74) is 2.15. The van der Waals surface area contributed by atoms with Crippen LogP contribution in [0.1, 0.15) is 30.0 Å². The number of aryl methyl sites for hydroxylation is 1. The minimum absolute atomic E-state index is 0.106. The molecule has 0 saturated heterocycles. The molecule has 114 valence electrons. The molecule has 1 aliphatic rings. The molecule has 1 aromatic heterocycles. The van der Waals surface area contributed by atoms with Crippen molar-refractivity contribution in [2.24, 2.45) is 0 Å². The van der Waals surface area contributed by atoms with Gasteiger partial charge in [-0.25, -0.2) is 4.68 Å². The number of anilines is 1. The van der Waals surface area contributed by atoms with Gasteiger partial charge in [0.2, 0.25) is 5.91 Å². The van der Waals surface area contributed by atoms with Gasteiger partial charge >= 0.3 is 0 Å². The second-order valence-electron chi connectivity index (χ2n) is 5.54. The van der Waals surface area contributed by atoms with Crippen LogP contribution in [0, 0.1) is 6.92 Å². The summed E-state index contributed by atoms with van der Waals surface area (Å²) in [6, 6.07) is 8.49. The molecule has 2 aromatic rings. The molecule has 0 atom stereocenters. The minimum Gasteiger partial charge on any atom is -0.324 e. The van der Waals surface area contributed by atoms with Crippen LogP contribution in [0.2, 0.25) is 5.02 Å². The Balaban J connectivity index is 1.75. The average Bonchev–Trinajstić information content (AvgIpc) is 3.30. The quantitative estimate of drug-likeness (QED) is 0.943. The molecule has 1 N–H and O–H groups in total. The standard InChI is InChI=1S/C16H16ClN3O2/c1-10-2-5-12(17)8-14(10)18-15(21)9-20-16(22)7-6-13(19-20)11-3-4-11/h2,5-8,11H,3-4,9H2,1H3,(H,18,21). The van der Waals surface area contributed by atoms with Gasteiger partial charge in [0.1, 0.15) is 6.54 Å². The van der Waals surface area contributed by atoms with E-state index in [0.29, 0.717) is 16.6 Å². The Labute approximate surface area is 132 Å². The maximum Gasteiger partial charge on any atom is 0.267 e. The van der Waals surface area contributed by atoms with Crippen LogP contribution in [0.5, 0.6) is 0 Å². The molecular formula is C16H16ClN3O2. The Bertz CT molecular complexity index is 781. The molecule has 0 unspecified atom stereocenters. The zero-order valence-electron chi connectivity index (χ0n) is 12.2. The first-order chi connectivity index (χ1) is 10.5. The lowest BCUT2D eigenvalue weighted by Gasteiger charge is -2.10. The van der Waals surface area contributed by atoms with E-state index in [1.54, 1.807) is 18.2 Å². The predicted molar refractivity (Wildman–Crippen MR) is 85.3 cm³/mol. The SMILES string of the molecule is Cc1ccc(Cl)cc1NC(=O)Cn1nc(C2CC2)ccc1=O. The molecule has 6 heteroatoms. The fourth-order valence-electron chi connectivity index (χ4n) is 2.23. The first-order valence-corrected chi connectivity index (χ1v) is 7.55. The molecule has 0 spiro atoms. The van der Waals surface area contributed by atoms with Crippen molar-refractivity contribution < 1.29 is 4.79 Å². The lowest BCUT2D eigenvalue weighted by atomic mass is 10.2. The number of carbonyl (C=O) groups excluding carboxylic acids is 1. The monoisotopic (exact) mass is 317 g/mol. The Hall–Kier alpha value is -2.14. The largest absolute Gasteiger partial charge is 0.324 e. The highest BCUT2D eigenvalue weighted by Gasteiger charge is 2.25. The molecular weight excluding hydrogens is 302 g/mol. The van der Waals surface area contributed by atoms with Crippen LogP contribution in [-0.4, -0.2) is 15.7 Å². The van der Waals surface area contributed by atoms with Gasteiger partial charge in [-0.15, -0.1) is 0 Å². The molecule has 0 radical (unpaired) electrons. The normalized spacial score (nSPS) is 13.9. The van der Waals surface area contributed by atoms with Crippen molar-refractivity contribution in [3.8, 4) is 0 Å². The molecule has 1 heterocycles. The summed E-state index contributed by atoms with van der Waals surface area (Å²) in [6.45, 7) is 1.77. The summed E-state index contributed by atoms with van der Waals surface area (Å²) >= 11 is 5.93. The van der Waals surface area contributed by atoms with E-state index in [0.717, 1.165) is 24.1 Å². The van der Waals surface area contributed by atoms with Gasteiger partial charge in [-0.2, -0.15) is 5.10 Å². The third kappa shape index (κ3) is 3.36. The lowest BCUT2D eigenvalue weighted by molar-refractivity contribution is -0.117. The van der Waals surface area contributed by atoms with Crippen molar-refractivity contribution in [2.45, 2.75) is 32.2 Å². The Morgan fingerprint density at radius 3 is 2.86 bits per heavy atom. The number of benzene rings is 1. The Kier molecular flexibility index (Phi) is 3.98. The van der Waals surface area contributed by atoms with E-state index >= 15 is 0 Å². The highest BCUT2D eigenvalue weighted by molar-refractivity contribution is 6.31. The molecule has 22 heavy (non-hydrogen) atoms. The lowest BCUT2D eigenvalue weighted by Crippen LogP contribution is -2.29. The van der Waals surface area contributed by atoms with Gasteiger partial charge in [0.05, 0.1) is 5.69 Å². The number of hydrogen-bond donors (Lipinski definition) is 1. The van der Waals surface area contributed by atoms with E-state index in [2.05, 4.69) is 10.4 Å². The van der Waals surface area contributed by atoms with Crippen molar-refractivity contribution in [1.29, 1.82) is 0 Å². The molecule has 0 aliphatic heterocycles. The minimum atomic E-state index is -0.298. The summed E-state index contributed by atoms with van der Waals surface area (Å²) < 4.78 is 1.21. The number of amides is 1. The number of aromatic nitrogens is 2. The van der Waals surface area contributed by atoms with Gasteiger partial charge in [-0.3, -0.25) is 9.59 Å². The van der Waals surface area contributed by atoms with E-state index < -0.39 is 0 Å². The van der Waals surface area contributed by atoms with Gasteiger partial charge in [0, 0.05) is 22.7 Å². The topological polar surface area (TPSA) is 64.0 Å². The van der Waals surface area contributed by atoms with Crippen LogP contribution in [0.25, 0.3) is 0 Å². The molecule has 0 bridgehead atoms. The molecule has 3 rings (SSSR count). The number of nitrogens with one attached hydrogen (secondary N) is 1. The summed E-state index contributed by atoms with van der Waals surface area (Å²) in [5.74, 6) is 0.137. The van der Waals surface area contributed by atoms with Crippen LogP contribution in [0.4, 0.5) is 5.69 Å². The zero-order chi connectivity index (χ0) is 15.7. The Morgan fingerprint density at radius 1 is 1.36 bits per heavy atom. The third-order valence-corrected chi connectivity index (χ3v) is 3.89. The van der Waals surface area contributed by atoms with E-state index in [-0.39, 0.29) is 18.0 Å². The highest BCUT2D eigenvalue weighted by Crippen LogP contribution is 2.38. The number of nitrogens with zero attached hydrogens (tertiary/aromatic N) is 2. The van der Waals surface area contributed by atoms with Gasteiger partial charge in [-0.05, 0) is 43.5 Å². The van der Waals surface area contributed by atoms with E-state index in [9.17, 15) is 9.59 Å². The van der Waals surface area contributed by atoms with Gasteiger partial charge < -0.3 is 5.32 Å². The van der Waals surface area contributed by atoms with E-state index in [4.69, 9.17) is 11.6 Å². The summed E-state index contributed by atoms with van der Waals surface area (Å²) in [5, 5.41) is 7.59. The maximum atomic E-state index is 12.1. The first-order valence-electron chi connectivity index (χ1n) is 7.17. The second kappa shape index (κ2) is 5.93. The van der Waals surface area contributed by atoms with Crippen molar-refractivity contribution >= 4 is 23.2 Å². The smallest absolute Gasteiger partial charge is 0.267 e.